The maximum atomic E-state index is 13.2. The van der Waals surface area contributed by atoms with Crippen LogP contribution in [0.15, 0.2) is 61.2 Å². The predicted octanol–water partition coefficient (Wildman–Crippen LogP) is 6.19. The number of carbonyl (C=O) groups excluding carboxylic acids is 1. The summed E-state index contributed by atoms with van der Waals surface area (Å²) in [7, 11) is 0. The Kier molecular flexibility index (Phi) is 6.17. The van der Waals surface area contributed by atoms with Crippen LogP contribution in [0.5, 0.6) is 5.75 Å². The summed E-state index contributed by atoms with van der Waals surface area (Å²) in [6, 6.07) is 10.0. The van der Waals surface area contributed by atoms with Gasteiger partial charge in [0.2, 0.25) is 0 Å². The molecule has 1 fully saturated rings. The fourth-order valence-electron chi connectivity index (χ4n) is 3.26. The van der Waals surface area contributed by atoms with Crippen LogP contribution in [-0.4, -0.2) is 5.97 Å². The van der Waals surface area contributed by atoms with Gasteiger partial charge < -0.3 is 4.74 Å². The van der Waals surface area contributed by atoms with Gasteiger partial charge >= 0.3 is 5.97 Å². The molecule has 0 saturated heterocycles. The fraction of sp³-hybridized carbons (Fsp3) is 0.261. The molecule has 0 unspecified atom stereocenters. The van der Waals surface area contributed by atoms with Crippen LogP contribution in [0.1, 0.15) is 41.6 Å². The van der Waals surface area contributed by atoms with Gasteiger partial charge in [-0.05, 0) is 67.3 Å². The van der Waals surface area contributed by atoms with E-state index in [1.54, 1.807) is 12.1 Å². The zero-order valence-electron chi connectivity index (χ0n) is 15.0. The van der Waals surface area contributed by atoms with E-state index < -0.39 is 17.6 Å². The SMILES string of the molecule is C=CC1CCC(/C=C/c2ccc(C(=O)Oc3ccc(F)c(F)c3)cc2)CC1. The lowest BCUT2D eigenvalue weighted by Gasteiger charge is -2.24. The van der Waals surface area contributed by atoms with Gasteiger partial charge in [-0.3, -0.25) is 0 Å². The first kappa shape index (κ1) is 19.0. The van der Waals surface area contributed by atoms with Gasteiger partial charge in [0.15, 0.2) is 11.6 Å². The van der Waals surface area contributed by atoms with Gasteiger partial charge in [0, 0.05) is 6.07 Å². The van der Waals surface area contributed by atoms with Gasteiger partial charge in [-0.25, -0.2) is 13.6 Å². The molecule has 0 bridgehead atoms. The van der Waals surface area contributed by atoms with Gasteiger partial charge in [0.1, 0.15) is 5.75 Å². The van der Waals surface area contributed by atoms with Gasteiger partial charge in [-0.15, -0.1) is 6.58 Å². The van der Waals surface area contributed by atoms with E-state index in [1.807, 2.05) is 12.1 Å². The molecule has 2 aromatic carbocycles. The molecule has 0 atom stereocenters. The van der Waals surface area contributed by atoms with Crippen LogP contribution in [0.25, 0.3) is 6.08 Å². The molecule has 3 rings (SSSR count). The Morgan fingerprint density at radius 1 is 0.963 bits per heavy atom. The summed E-state index contributed by atoms with van der Waals surface area (Å²) < 4.78 is 31.2. The Morgan fingerprint density at radius 3 is 2.26 bits per heavy atom. The number of ether oxygens (including phenoxy) is 1. The zero-order chi connectivity index (χ0) is 19.2. The molecule has 2 nitrogen and oxygen atoms in total. The van der Waals surface area contributed by atoms with E-state index in [4.69, 9.17) is 4.74 Å². The minimum atomic E-state index is -1.05. The fourth-order valence-corrected chi connectivity index (χ4v) is 3.26. The maximum absolute atomic E-state index is 13.2. The average molecular weight is 368 g/mol. The number of halogens is 2. The first-order valence-corrected chi connectivity index (χ1v) is 9.13. The van der Waals surface area contributed by atoms with E-state index in [9.17, 15) is 13.6 Å². The van der Waals surface area contributed by atoms with Crippen LogP contribution in [0.2, 0.25) is 0 Å². The second-order valence-corrected chi connectivity index (χ2v) is 6.86. The monoisotopic (exact) mass is 368 g/mol. The lowest BCUT2D eigenvalue weighted by Crippen LogP contribution is -2.10. The van der Waals surface area contributed by atoms with Crippen LogP contribution in [0.3, 0.4) is 0 Å². The molecule has 1 aliphatic rings. The molecule has 1 saturated carbocycles. The van der Waals surface area contributed by atoms with Crippen molar-refractivity contribution in [3.05, 3.63) is 84.0 Å². The molecule has 0 N–H and O–H groups in total. The number of carbonyl (C=O) groups is 1. The minimum Gasteiger partial charge on any atom is -0.423 e. The summed E-state index contributed by atoms with van der Waals surface area (Å²) in [6.07, 6.45) is 11.1. The second-order valence-electron chi connectivity index (χ2n) is 6.86. The van der Waals surface area contributed by atoms with Crippen LogP contribution in [0, 0.1) is 23.5 Å². The molecule has 0 amide bonds. The van der Waals surface area contributed by atoms with Gasteiger partial charge in [-0.1, -0.05) is 30.4 Å². The minimum absolute atomic E-state index is 0.0296. The highest BCUT2D eigenvalue weighted by molar-refractivity contribution is 5.91. The molecule has 4 heteroatoms. The van der Waals surface area contributed by atoms with Crippen LogP contribution < -0.4 is 4.74 Å². The lowest BCUT2D eigenvalue weighted by molar-refractivity contribution is 0.0734. The summed E-state index contributed by atoms with van der Waals surface area (Å²) in [5, 5.41) is 0. The Balaban J connectivity index is 1.57. The van der Waals surface area contributed by atoms with Crippen LogP contribution >= 0.6 is 0 Å². The van der Waals surface area contributed by atoms with Crippen molar-refractivity contribution in [3.63, 3.8) is 0 Å². The van der Waals surface area contributed by atoms with Crippen molar-refractivity contribution in [3.8, 4) is 5.75 Å². The summed E-state index contributed by atoms with van der Waals surface area (Å²) in [5.74, 6) is -1.45. The average Bonchev–Trinajstić information content (AvgIpc) is 2.70. The summed E-state index contributed by atoms with van der Waals surface area (Å²) in [6.45, 7) is 3.87. The molecule has 1 aliphatic carbocycles. The molecule has 0 aliphatic heterocycles. The Morgan fingerprint density at radius 2 is 1.63 bits per heavy atom. The van der Waals surface area contributed by atoms with Gasteiger partial charge in [-0.2, -0.15) is 0 Å². The van der Waals surface area contributed by atoms with E-state index in [-0.39, 0.29) is 5.75 Å². The number of rotatable bonds is 5. The Labute approximate surface area is 158 Å². The third kappa shape index (κ3) is 5.13. The van der Waals surface area contributed by atoms with E-state index in [0.717, 1.165) is 17.7 Å². The predicted molar refractivity (Wildman–Crippen MR) is 102 cm³/mol. The summed E-state index contributed by atoms with van der Waals surface area (Å²) in [5.41, 5.74) is 1.36. The topological polar surface area (TPSA) is 26.3 Å². The van der Waals surface area contributed by atoms with Crippen molar-refractivity contribution in [2.24, 2.45) is 11.8 Å². The number of esters is 1. The van der Waals surface area contributed by atoms with Crippen molar-refractivity contribution < 1.29 is 18.3 Å². The van der Waals surface area contributed by atoms with Crippen LogP contribution in [0.4, 0.5) is 8.78 Å². The molecule has 140 valence electrons. The molecule has 2 aromatic rings. The van der Waals surface area contributed by atoms with Gasteiger partial charge in [0.25, 0.3) is 0 Å². The van der Waals surface area contributed by atoms with Crippen molar-refractivity contribution >= 4 is 12.0 Å². The number of hydrogen-bond donors (Lipinski definition) is 0. The molecular weight excluding hydrogens is 346 g/mol. The molecule has 0 radical (unpaired) electrons. The standard InChI is InChI=1S/C23H22F2O2/c1-2-16-3-5-17(6-4-16)7-8-18-9-11-19(12-10-18)23(26)27-20-13-14-21(24)22(25)15-20/h2,7-17H,1,3-6H2/b8-7+. The largest absolute Gasteiger partial charge is 0.423 e. The quantitative estimate of drug-likeness (QED) is 0.357. The van der Waals surface area contributed by atoms with Crippen molar-refractivity contribution in [1.29, 1.82) is 0 Å². The third-order valence-electron chi connectivity index (χ3n) is 4.96. The first-order valence-electron chi connectivity index (χ1n) is 9.13. The molecule has 0 spiro atoms. The van der Waals surface area contributed by atoms with Crippen molar-refractivity contribution in [2.45, 2.75) is 25.7 Å². The molecule has 27 heavy (non-hydrogen) atoms. The van der Waals surface area contributed by atoms with E-state index >= 15 is 0 Å². The number of benzene rings is 2. The zero-order valence-corrected chi connectivity index (χ0v) is 15.0. The van der Waals surface area contributed by atoms with E-state index in [1.165, 1.54) is 31.7 Å². The number of hydrogen-bond acceptors (Lipinski definition) is 2. The summed E-state index contributed by atoms with van der Waals surface area (Å²) >= 11 is 0. The van der Waals surface area contributed by atoms with Gasteiger partial charge in [0.05, 0.1) is 5.56 Å². The highest BCUT2D eigenvalue weighted by Crippen LogP contribution is 2.30. The van der Waals surface area contributed by atoms with Crippen molar-refractivity contribution in [2.75, 3.05) is 0 Å². The number of allylic oxidation sites excluding steroid dienone is 2. The van der Waals surface area contributed by atoms with E-state index in [2.05, 4.69) is 24.8 Å². The Bertz CT molecular complexity index is 832. The van der Waals surface area contributed by atoms with Crippen molar-refractivity contribution in [1.82, 2.24) is 0 Å². The second kappa shape index (κ2) is 8.76. The highest BCUT2D eigenvalue weighted by Gasteiger charge is 2.16. The lowest BCUT2D eigenvalue weighted by atomic mass is 9.82. The first-order chi connectivity index (χ1) is 13.0. The third-order valence-corrected chi connectivity index (χ3v) is 4.96. The van der Waals surface area contributed by atoms with E-state index in [0.29, 0.717) is 17.4 Å². The summed E-state index contributed by atoms with van der Waals surface area (Å²) in [4.78, 5) is 12.1. The normalized spacial score (nSPS) is 19.8. The Hall–Kier alpha value is -2.75. The molecule has 0 aromatic heterocycles. The smallest absolute Gasteiger partial charge is 0.343 e. The molecular formula is C23H22F2O2. The maximum Gasteiger partial charge on any atom is 0.343 e. The highest BCUT2D eigenvalue weighted by atomic mass is 19.2. The van der Waals surface area contributed by atoms with Crippen LogP contribution in [-0.2, 0) is 0 Å². The molecule has 0 heterocycles.